The van der Waals surface area contributed by atoms with Crippen molar-refractivity contribution in [2.24, 2.45) is 10.9 Å². The molecule has 2 unspecified atom stereocenters. The van der Waals surface area contributed by atoms with Crippen molar-refractivity contribution in [1.82, 2.24) is 5.32 Å². The second kappa shape index (κ2) is 5.64. The van der Waals surface area contributed by atoms with Crippen molar-refractivity contribution in [3.8, 4) is 0 Å². The molecule has 0 saturated heterocycles. The lowest BCUT2D eigenvalue weighted by molar-refractivity contribution is 0.333. The summed E-state index contributed by atoms with van der Waals surface area (Å²) in [6.45, 7) is 6.81. The van der Waals surface area contributed by atoms with E-state index in [-0.39, 0.29) is 5.54 Å². The van der Waals surface area contributed by atoms with E-state index in [2.05, 4.69) is 26.1 Å². The number of thioether (sulfide) groups is 1. The van der Waals surface area contributed by atoms with E-state index in [1.165, 1.54) is 49.4 Å². The predicted octanol–water partition coefficient (Wildman–Crippen LogP) is 3.82. The summed E-state index contributed by atoms with van der Waals surface area (Å²) in [5.41, 5.74) is 0.197. The highest BCUT2D eigenvalue weighted by Crippen LogP contribution is 2.34. The number of nitrogens with one attached hydrogen (secondary N) is 1. The van der Waals surface area contributed by atoms with Gasteiger partial charge in [-0.05, 0) is 39.0 Å². The van der Waals surface area contributed by atoms with Gasteiger partial charge in [-0.25, -0.2) is 0 Å². The van der Waals surface area contributed by atoms with Crippen LogP contribution in [-0.4, -0.2) is 22.5 Å². The van der Waals surface area contributed by atoms with Crippen LogP contribution < -0.4 is 5.32 Å². The van der Waals surface area contributed by atoms with Crippen molar-refractivity contribution >= 4 is 16.9 Å². The Morgan fingerprint density at radius 2 is 2.12 bits per heavy atom. The zero-order valence-corrected chi connectivity index (χ0v) is 12.3. The number of hydrogen-bond acceptors (Lipinski definition) is 3. The molecule has 0 bridgehead atoms. The zero-order valence-electron chi connectivity index (χ0n) is 11.5. The quantitative estimate of drug-likeness (QED) is 0.828. The van der Waals surface area contributed by atoms with Gasteiger partial charge in [0.05, 0.1) is 6.04 Å². The fourth-order valence-electron chi connectivity index (χ4n) is 2.97. The fourth-order valence-corrected chi connectivity index (χ4v) is 4.29. The summed E-state index contributed by atoms with van der Waals surface area (Å²) in [5, 5.41) is 4.84. The number of amidine groups is 1. The smallest absolute Gasteiger partial charge is 0.157 e. The zero-order chi connectivity index (χ0) is 12.3. The monoisotopic (exact) mass is 254 g/mol. The molecule has 1 aliphatic carbocycles. The Kier molecular flexibility index (Phi) is 4.40. The van der Waals surface area contributed by atoms with Gasteiger partial charge in [-0.3, -0.25) is 4.99 Å². The Hall–Kier alpha value is -0.180. The summed E-state index contributed by atoms with van der Waals surface area (Å²) in [4.78, 5) is 4.94. The Balaban J connectivity index is 1.95. The maximum absolute atomic E-state index is 4.94. The minimum Gasteiger partial charge on any atom is -0.360 e. The second-order valence-corrected chi connectivity index (χ2v) is 7.12. The number of nitrogens with zero attached hydrogens (tertiary/aromatic N) is 1. The number of hydrogen-bond donors (Lipinski definition) is 1. The third-order valence-electron chi connectivity index (χ3n) is 3.91. The summed E-state index contributed by atoms with van der Waals surface area (Å²) in [6, 6.07) is 0.616. The van der Waals surface area contributed by atoms with Crippen LogP contribution in [0, 0.1) is 5.92 Å². The molecule has 2 rings (SSSR count). The van der Waals surface area contributed by atoms with Gasteiger partial charge in [0.2, 0.25) is 0 Å². The van der Waals surface area contributed by atoms with E-state index < -0.39 is 0 Å². The molecule has 1 fully saturated rings. The molecule has 0 aromatic rings. The predicted molar refractivity (Wildman–Crippen MR) is 77.8 cm³/mol. The molecule has 0 radical (unpaired) electrons. The molecular formula is C14H26N2S. The first-order valence-corrected chi connectivity index (χ1v) is 8.08. The van der Waals surface area contributed by atoms with Crippen molar-refractivity contribution in [3.63, 3.8) is 0 Å². The van der Waals surface area contributed by atoms with Gasteiger partial charge in [-0.15, -0.1) is 0 Å². The first kappa shape index (κ1) is 13.3. The van der Waals surface area contributed by atoms with Crippen LogP contribution in [0.15, 0.2) is 4.99 Å². The molecule has 2 atom stereocenters. The van der Waals surface area contributed by atoms with Crippen LogP contribution >= 0.6 is 11.8 Å². The highest BCUT2D eigenvalue weighted by Gasteiger charge is 2.30. The van der Waals surface area contributed by atoms with Crippen molar-refractivity contribution in [3.05, 3.63) is 0 Å². The molecule has 1 N–H and O–H groups in total. The summed E-state index contributed by atoms with van der Waals surface area (Å²) >= 11 is 1.94. The van der Waals surface area contributed by atoms with Crippen LogP contribution in [0.25, 0.3) is 0 Å². The average molecular weight is 254 g/mol. The summed E-state index contributed by atoms with van der Waals surface area (Å²) < 4.78 is 0. The Morgan fingerprint density at radius 1 is 1.35 bits per heavy atom. The van der Waals surface area contributed by atoms with E-state index in [0.29, 0.717) is 6.04 Å². The first-order valence-electron chi connectivity index (χ1n) is 7.09. The van der Waals surface area contributed by atoms with Crippen LogP contribution in [0.4, 0.5) is 0 Å². The molecule has 2 aliphatic rings. The topological polar surface area (TPSA) is 24.4 Å². The van der Waals surface area contributed by atoms with Gasteiger partial charge in [-0.1, -0.05) is 37.9 Å². The van der Waals surface area contributed by atoms with Gasteiger partial charge in [0.1, 0.15) is 0 Å². The standard InChI is InChI=1S/C14H26N2S/c1-4-9-14(2,3)16-13-15-12-8-6-5-7-11(12)10-17-13/h11-12H,4-10H2,1-3H3,(H,15,16). The lowest BCUT2D eigenvalue weighted by Crippen LogP contribution is -2.45. The van der Waals surface area contributed by atoms with Crippen LogP contribution in [0.3, 0.4) is 0 Å². The van der Waals surface area contributed by atoms with Gasteiger partial charge < -0.3 is 5.32 Å². The number of rotatable bonds is 3. The van der Waals surface area contributed by atoms with E-state index >= 15 is 0 Å². The average Bonchev–Trinajstić information content (AvgIpc) is 2.28. The van der Waals surface area contributed by atoms with E-state index in [1.807, 2.05) is 11.8 Å². The summed E-state index contributed by atoms with van der Waals surface area (Å²) in [6.07, 6.45) is 7.93. The van der Waals surface area contributed by atoms with E-state index in [9.17, 15) is 0 Å². The van der Waals surface area contributed by atoms with Crippen molar-refractivity contribution in [2.75, 3.05) is 5.75 Å². The normalized spacial score (nSPS) is 29.5. The summed E-state index contributed by atoms with van der Waals surface area (Å²) in [7, 11) is 0. The Labute approximate surface area is 110 Å². The largest absolute Gasteiger partial charge is 0.360 e. The third-order valence-corrected chi connectivity index (χ3v) is 4.98. The minimum absolute atomic E-state index is 0.197. The molecule has 1 heterocycles. The summed E-state index contributed by atoms with van der Waals surface area (Å²) in [5.74, 6) is 2.13. The maximum atomic E-state index is 4.94. The van der Waals surface area contributed by atoms with Gasteiger partial charge in [-0.2, -0.15) is 0 Å². The molecule has 0 spiro atoms. The van der Waals surface area contributed by atoms with Gasteiger partial charge in [0, 0.05) is 11.3 Å². The van der Waals surface area contributed by atoms with E-state index in [0.717, 1.165) is 5.92 Å². The highest BCUT2D eigenvalue weighted by atomic mass is 32.2. The third kappa shape index (κ3) is 3.64. The minimum atomic E-state index is 0.197. The molecule has 17 heavy (non-hydrogen) atoms. The van der Waals surface area contributed by atoms with Gasteiger partial charge in [0.25, 0.3) is 0 Å². The molecule has 1 saturated carbocycles. The molecule has 2 nitrogen and oxygen atoms in total. The number of aliphatic imine (C=N–C) groups is 1. The van der Waals surface area contributed by atoms with Crippen LogP contribution in [0.1, 0.15) is 59.3 Å². The van der Waals surface area contributed by atoms with Crippen LogP contribution in [-0.2, 0) is 0 Å². The van der Waals surface area contributed by atoms with Gasteiger partial charge >= 0.3 is 0 Å². The first-order chi connectivity index (χ1) is 8.11. The number of fused-ring (bicyclic) bond motifs is 1. The molecule has 0 aromatic heterocycles. The fraction of sp³-hybridized carbons (Fsp3) is 0.929. The molecule has 3 heteroatoms. The van der Waals surface area contributed by atoms with Crippen LogP contribution in [0.2, 0.25) is 0 Å². The van der Waals surface area contributed by atoms with Crippen molar-refractivity contribution in [1.29, 1.82) is 0 Å². The highest BCUT2D eigenvalue weighted by molar-refractivity contribution is 8.13. The SMILES string of the molecule is CCCC(C)(C)NC1=NC2CCCCC2CS1. The lowest BCUT2D eigenvalue weighted by Gasteiger charge is -2.35. The van der Waals surface area contributed by atoms with Gasteiger partial charge in [0.15, 0.2) is 5.17 Å². The molecule has 98 valence electrons. The Morgan fingerprint density at radius 3 is 2.88 bits per heavy atom. The van der Waals surface area contributed by atoms with E-state index in [1.54, 1.807) is 0 Å². The lowest BCUT2D eigenvalue weighted by atomic mass is 9.86. The second-order valence-electron chi connectivity index (χ2n) is 6.12. The molecule has 0 aromatic carbocycles. The maximum Gasteiger partial charge on any atom is 0.157 e. The molecule has 1 aliphatic heterocycles. The molecule has 0 amide bonds. The van der Waals surface area contributed by atoms with Crippen molar-refractivity contribution < 1.29 is 0 Å². The van der Waals surface area contributed by atoms with E-state index in [4.69, 9.17) is 4.99 Å². The molecular weight excluding hydrogens is 228 g/mol. The van der Waals surface area contributed by atoms with Crippen LogP contribution in [0.5, 0.6) is 0 Å². The van der Waals surface area contributed by atoms with Crippen molar-refractivity contribution in [2.45, 2.75) is 70.9 Å². The Bertz CT molecular complexity index is 286.